The highest BCUT2D eigenvalue weighted by atomic mass is 32.1. The van der Waals surface area contributed by atoms with Gasteiger partial charge >= 0.3 is 0 Å². The number of nitrogens with zero attached hydrogens (tertiary/aromatic N) is 1. The highest BCUT2D eigenvalue weighted by Crippen LogP contribution is 2.34. The lowest BCUT2D eigenvalue weighted by molar-refractivity contribution is -0.120. The molecule has 0 saturated carbocycles. The van der Waals surface area contributed by atoms with E-state index in [1.165, 1.54) is 10.4 Å². The van der Waals surface area contributed by atoms with Crippen molar-refractivity contribution in [3.05, 3.63) is 45.6 Å². The van der Waals surface area contributed by atoms with Crippen LogP contribution in [0.2, 0.25) is 0 Å². The van der Waals surface area contributed by atoms with Crippen molar-refractivity contribution in [3.8, 4) is 5.75 Å². The summed E-state index contributed by atoms with van der Waals surface area (Å²) in [4.78, 5) is 29.4. The average Bonchev–Trinajstić information content (AvgIpc) is 3.36. The normalized spacial score (nSPS) is 18.9. The van der Waals surface area contributed by atoms with Crippen molar-refractivity contribution in [2.45, 2.75) is 32.1 Å². The number of rotatable bonds is 4. The number of methoxy groups -OCH3 is 1. The number of nitrogens with one attached hydrogen (secondary N) is 1. The molecule has 0 bridgehead atoms. The quantitative estimate of drug-likeness (QED) is 0.874. The summed E-state index contributed by atoms with van der Waals surface area (Å²) in [6, 6.07) is 9.43. The van der Waals surface area contributed by atoms with Crippen LogP contribution in [0.3, 0.4) is 0 Å². The van der Waals surface area contributed by atoms with Gasteiger partial charge in [0.05, 0.1) is 12.0 Å². The van der Waals surface area contributed by atoms with Crippen molar-refractivity contribution >= 4 is 28.8 Å². The Kier molecular flexibility index (Phi) is 5.16. The van der Waals surface area contributed by atoms with Crippen LogP contribution in [-0.2, 0) is 17.6 Å². The van der Waals surface area contributed by atoms with Gasteiger partial charge in [0, 0.05) is 35.6 Å². The van der Waals surface area contributed by atoms with Crippen LogP contribution in [0.1, 0.15) is 39.4 Å². The van der Waals surface area contributed by atoms with Crippen molar-refractivity contribution in [1.29, 1.82) is 0 Å². The number of anilines is 1. The van der Waals surface area contributed by atoms with E-state index in [2.05, 4.69) is 5.32 Å². The summed E-state index contributed by atoms with van der Waals surface area (Å²) < 4.78 is 5.21. The van der Waals surface area contributed by atoms with E-state index < -0.39 is 0 Å². The van der Waals surface area contributed by atoms with E-state index in [-0.39, 0.29) is 17.7 Å². The van der Waals surface area contributed by atoms with Gasteiger partial charge in [-0.1, -0.05) is 6.07 Å². The molecular weight excluding hydrogens is 360 g/mol. The first-order valence-electron chi connectivity index (χ1n) is 9.50. The molecular formula is C21H24N2O3S. The van der Waals surface area contributed by atoms with Crippen molar-refractivity contribution in [1.82, 2.24) is 4.90 Å². The zero-order valence-corrected chi connectivity index (χ0v) is 16.3. The smallest absolute Gasteiger partial charge is 0.263 e. The fourth-order valence-corrected chi connectivity index (χ4v) is 5.05. The van der Waals surface area contributed by atoms with E-state index >= 15 is 0 Å². The zero-order chi connectivity index (χ0) is 18.8. The molecule has 1 aliphatic heterocycles. The topological polar surface area (TPSA) is 58.6 Å². The highest BCUT2D eigenvalue weighted by molar-refractivity contribution is 7.14. The third-order valence-corrected chi connectivity index (χ3v) is 6.62. The van der Waals surface area contributed by atoms with Crippen LogP contribution < -0.4 is 10.1 Å². The largest absolute Gasteiger partial charge is 0.497 e. The second kappa shape index (κ2) is 7.72. The summed E-state index contributed by atoms with van der Waals surface area (Å²) in [6.07, 6.45) is 4.59. The summed E-state index contributed by atoms with van der Waals surface area (Å²) >= 11 is 1.61. The maximum Gasteiger partial charge on any atom is 0.263 e. The molecule has 0 radical (unpaired) electrons. The van der Waals surface area contributed by atoms with Gasteiger partial charge in [0.15, 0.2) is 0 Å². The molecule has 0 spiro atoms. The molecule has 1 aliphatic carbocycles. The number of benzene rings is 1. The first-order chi connectivity index (χ1) is 13.1. The van der Waals surface area contributed by atoms with Gasteiger partial charge in [0.2, 0.25) is 5.91 Å². The molecule has 1 atom stereocenters. The van der Waals surface area contributed by atoms with Crippen molar-refractivity contribution in [2.75, 3.05) is 25.5 Å². The van der Waals surface area contributed by atoms with Gasteiger partial charge in [-0.25, -0.2) is 0 Å². The number of aryl methyl sites for hydroxylation is 1. The molecule has 5 nitrogen and oxygen atoms in total. The average molecular weight is 385 g/mol. The maximum atomic E-state index is 12.7. The van der Waals surface area contributed by atoms with Crippen LogP contribution in [0.25, 0.3) is 0 Å². The van der Waals surface area contributed by atoms with E-state index in [9.17, 15) is 9.59 Å². The predicted octanol–water partition coefficient (Wildman–Crippen LogP) is 3.74. The van der Waals surface area contributed by atoms with Crippen LogP contribution in [-0.4, -0.2) is 36.9 Å². The number of thiophene rings is 1. The van der Waals surface area contributed by atoms with Crippen LogP contribution in [0, 0.1) is 5.92 Å². The molecule has 1 fully saturated rings. The van der Waals surface area contributed by atoms with Crippen LogP contribution in [0.15, 0.2) is 30.3 Å². The fraction of sp³-hybridized carbons (Fsp3) is 0.429. The Bertz CT molecular complexity index is 855. The SMILES string of the molecule is COc1cccc(NC(=O)[C@H]2CCc3sc(C(=O)N4CCCC4)cc3C2)c1. The van der Waals surface area contributed by atoms with Crippen molar-refractivity contribution < 1.29 is 14.3 Å². The molecule has 1 N–H and O–H groups in total. The van der Waals surface area contributed by atoms with Crippen LogP contribution >= 0.6 is 11.3 Å². The number of likely N-dealkylation sites (tertiary alicyclic amines) is 1. The zero-order valence-electron chi connectivity index (χ0n) is 15.5. The lowest BCUT2D eigenvalue weighted by Gasteiger charge is -2.21. The number of carbonyl (C=O) groups is 2. The van der Waals surface area contributed by atoms with Crippen LogP contribution in [0.5, 0.6) is 5.75 Å². The minimum atomic E-state index is -0.0620. The number of carbonyl (C=O) groups excluding carboxylic acids is 2. The minimum absolute atomic E-state index is 0.0347. The van der Waals surface area contributed by atoms with E-state index in [0.717, 1.165) is 55.1 Å². The Morgan fingerprint density at radius 3 is 2.81 bits per heavy atom. The van der Waals surface area contributed by atoms with E-state index in [1.807, 2.05) is 35.2 Å². The molecule has 1 aromatic carbocycles. The van der Waals surface area contributed by atoms with Gasteiger partial charge in [-0.15, -0.1) is 11.3 Å². The molecule has 1 saturated heterocycles. The van der Waals surface area contributed by atoms with Gasteiger partial charge < -0.3 is 15.0 Å². The van der Waals surface area contributed by atoms with Gasteiger partial charge in [-0.2, -0.15) is 0 Å². The fourth-order valence-electron chi connectivity index (χ4n) is 3.87. The summed E-state index contributed by atoms with van der Waals surface area (Å²) in [5.41, 5.74) is 1.92. The lowest BCUT2D eigenvalue weighted by atomic mass is 9.87. The number of hydrogen-bond acceptors (Lipinski definition) is 4. The Balaban J connectivity index is 1.43. The first-order valence-corrected chi connectivity index (χ1v) is 10.3. The second-order valence-electron chi connectivity index (χ2n) is 7.22. The Morgan fingerprint density at radius 1 is 1.22 bits per heavy atom. The number of hydrogen-bond donors (Lipinski definition) is 1. The molecule has 0 unspecified atom stereocenters. The lowest BCUT2D eigenvalue weighted by Crippen LogP contribution is -2.27. The third kappa shape index (κ3) is 3.86. The molecule has 4 rings (SSSR count). The van der Waals surface area contributed by atoms with E-state index in [1.54, 1.807) is 18.4 Å². The molecule has 142 valence electrons. The number of ether oxygens (including phenoxy) is 1. The maximum absolute atomic E-state index is 12.7. The van der Waals surface area contributed by atoms with E-state index in [0.29, 0.717) is 6.42 Å². The van der Waals surface area contributed by atoms with Crippen molar-refractivity contribution in [2.24, 2.45) is 5.92 Å². The summed E-state index contributed by atoms with van der Waals surface area (Å²) in [5.74, 6) is 0.853. The molecule has 2 amide bonds. The number of fused-ring (bicyclic) bond motifs is 1. The molecule has 6 heteroatoms. The van der Waals surface area contributed by atoms with Gasteiger partial charge in [0.25, 0.3) is 5.91 Å². The molecule has 27 heavy (non-hydrogen) atoms. The highest BCUT2D eigenvalue weighted by Gasteiger charge is 2.29. The molecule has 2 heterocycles. The van der Waals surface area contributed by atoms with E-state index in [4.69, 9.17) is 4.74 Å². The predicted molar refractivity (Wildman–Crippen MR) is 107 cm³/mol. The summed E-state index contributed by atoms with van der Waals surface area (Å²) in [5, 5.41) is 3.00. The Morgan fingerprint density at radius 2 is 2.04 bits per heavy atom. The van der Waals surface area contributed by atoms with Gasteiger partial charge in [-0.3, -0.25) is 9.59 Å². The Hall–Kier alpha value is -2.34. The van der Waals surface area contributed by atoms with Crippen molar-refractivity contribution in [3.63, 3.8) is 0 Å². The van der Waals surface area contributed by atoms with Crippen LogP contribution in [0.4, 0.5) is 5.69 Å². The second-order valence-corrected chi connectivity index (χ2v) is 8.36. The number of amides is 2. The monoisotopic (exact) mass is 384 g/mol. The molecule has 2 aromatic rings. The van der Waals surface area contributed by atoms with Gasteiger partial charge in [-0.05, 0) is 55.9 Å². The summed E-state index contributed by atoms with van der Waals surface area (Å²) in [6.45, 7) is 1.74. The first kappa shape index (κ1) is 18.0. The standard InChI is InChI=1S/C21H24N2O3S/c1-26-17-6-4-5-16(13-17)22-20(24)14-7-8-18-15(11-14)12-19(27-18)21(25)23-9-2-3-10-23/h4-6,12-14H,2-3,7-11H2,1H3,(H,22,24)/t14-/m0/s1. The molecule has 2 aliphatic rings. The minimum Gasteiger partial charge on any atom is -0.497 e. The summed E-state index contributed by atoms with van der Waals surface area (Å²) in [7, 11) is 1.61. The van der Waals surface area contributed by atoms with Gasteiger partial charge in [0.1, 0.15) is 5.75 Å². The Labute approximate surface area is 163 Å². The third-order valence-electron chi connectivity index (χ3n) is 5.39. The molecule has 1 aromatic heterocycles.